The van der Waals surface area contributed by atoms with Gasteiger partial charge in [0.15, 0.2) is 0 Å². The molecule has 2 aromatic carbocycles. The number of hydrogen-bond donors (Lipinski definition) is 1. The molecule has 1 aliphatic carbocycles. The number of amides is 2. The number of likely N-dealkylation sites (tertiary alicyclic amines) is 2. The summed E-state index contributed by atoms with van der Waals surface area (Å²) in [5.41, 5.74) is -1.12. The lowest BCUT2D eigenvalue weighted by atomic mass is 9.84. The molecule has 1 saturated carbocycles. The molecule has 0 radical (unpaired) electrons. The molecule has 4 fully saturated rings. The number of nitrogens with zero attached hydrogens (tertiary/aromatic N) is 4. The van der Waals surface area contributed by atoms with Crippen LogP contribution in [0, 0.1) is 11.8 Å². The number of methoxy groups -OCH3 is 1. The summed E-state index contributed by atoms with van der Waals surface area (Å²) in [6.07, 6.45) is 0.913. The van der Waals surface area contributed by atoms with Gasteiger partial charge in [-0.05, 0) is 67.0 Å². The molecule has 9 nitrogen and oxygen atoms in total. The predicted octanol–water partition coefficient (Wildman–Crippen LogP) is 6.18. The lowest BCUT2D eigenvalue weighted by molar-refractivity contribution is -0.145. The van der Waals surface area contributed by atoms with E-state index in [2.05, 4.69) is 4.90 Å². The normalized spacial score (nSPS) is 26.2. The minimum Gasteiger partial charge on any atom is -0.497 e. The van der Waals surface area contributed by atoms with Crippen molar-refractivity contribution in [2.75, 3.05) is 64.9 Å². The Morgan fingerprint density at radius 2 is 1.65 bits per heavy atom. The van der Waals surface area contributed by atoms with Crippen LogP contribution in [0.4, 0.5) is 23.2 Å². The Balaban J connectivity index is 1.26. The fraction of sp³-hybridized carbons (Fsp3) is 0.615. The lowest BCUT2D eigenvalue weighted by Crippen LogP contribution is -2.50. The molecule has 1 N–H and O–H groups in total. The number of hydrogen-bond acceptors (Lipinski definition) is 6. The third kappa shape index (κ3) is 7.61. The Morgan fingerprint density at radius 1 is 0.981 bits per heavy atom. The van der Waals surface area contributed by atoms with Gasteiger partial charge in [0.1, 0.15) is 12.3 Å². The highest BCUT2D eigenvalue weighted by atomic mass is 19.4. The molecule has 0 aromatic heterocycles. The van der Waals surface area contributed by atoms with Crippen LogP contribution in [0.1, 0.15) is 80.4 Å². The van der Waals surface area contributed by atoms with Gasteiger partial charge in [0.05, 0.1) is 12.7 Å². The molecule has 2 aromatic rings. The molecule has 284 valence electrons. The first kappa shape index (κ1) is 37.9. The van der Waals surface area contributed by atoms with E-state index >= 15 is 4.39 Å². The Morgan fingerprint density at radius 3 is 2.25 bits per heavy atom. The maximum atomic E-state index is 17.7. The smallest absolute Gasteiger partial charge is 0.416 e. The van der Waals surface area contributed by atoms with Crippen molar-refractivity contribution in [3.8, 4) is 5.75 Å². The highest BCUT2D eigenvalue weighted by Crippen LogP contribution is 2.47. The topological polar surface area (TPSA) is 93.6 Å². The van der Waals surface area contributed by atoms with E-state index in [9.17, 15) is 27.6 Å². The monoisotopic (exact) mass is 730 g/mol. The minimum atomic E-state index is -4.58. The summed E-state index contributed by atoms with van der Waals surface area (Å²) < 4.78 is 65.2. The third-order valence-electron chi connectivity index (χ3n) is 12.1. The number of alkyl halides is 4. The van der Waals surface area contributed by atoms with Crippen LogP contribution in [0.2, 0.25) is 0 Å². The van der Waals surface area contributed by atoms with Crippen LogP contribution in [0.3, 0.4) is 0 Å². The van der Waals surface area contributed by atoms with Gasteiger partial charge >= 0.3 is 12.1 Å². The van der Waals surface area contributed by atoms with Crippen molar-refractivity contribution in [2.45, 2.75) is 81.6 Å². The Kier molecular flexibility index (Phi) is 11.1. The van der Waals surface area contributed by atoms with E-state index in [1.54, 1.807) is 24.1 Å². The van der Waals surface area contributed by atoms with Crippen LogP contribution < -0.4 is 9.64 Å². The van der Waals surface area contributed by atoms with E-state index in [-0.39, 0.29) is 36.9 Å². The van der Waals surface area contributed by atoms with Crippen molar-refractivity contribution < 1.29 is 41.8 Å². The summed E-state index contributed by atoms with van der Waals surface area (Å²) in [6, 6.07) is 11.2. The Hall–Kier alpha value is -3.87. The van der Waals surface area contributed by atoms with Gasteiger partial charge in [-0.25, -0.2) is 4.39 Å². The first-order valence-electron chi connectivity index (χ1n) is 18.5. The number of carboxylic acids is 1. The first-order valence-corrected chi connectivity index (χ1v) is 18.5. The molecule has 3 saturated heterocycles. The Bertz CT molecular complexity index is 1610. The average Bonchev–Trinajstić information content (AvgIpc) is 3.90. The second-order valence-electron chi connectivity index (χ2n) is 15.2. The summed E-state index contributed by atoms with van der Waals surface area (Å²) in [5, 5.41) is 9.11. The molecule has 0 unspecified atom stereocenters. The number of carbonyl (C=O) groups excluding carboxylic acids is 2. The molecule has 3 heterocycles. The van der Waals surface area contributed by atoms with Gasteiger partial charge in [0.2, 0.25) is 11.6 Å². The van der Waals surface area contributed by atoms with Gasteiger partial charge in [-0.2, -0.15) is 13.2 Å². The van der Waals surface area contributed by atoms with Crippen molar-refractivity contribution in [3.63, 3.8) is 0 Å². The summed E-state index contributed by atoms with van der Waals surface area (Å²) in [4.78, 5) is 45.4. The molecule has 4 atom stereocenters. The van der Waals surface area contributed by atoms with Crippen LogP contribution in [0.5, 0.6) is 5.75 Å². The maximum Gasteiger partial charge on any atom is 0.416 e. The predicted molar refractivity (Wildman–Crippen MR) is 188 cm³/mol. The summed E-state index contributed by atoms with van der Waals surface area (Å²) in [6.45, 7) is 3.12. The molecule has 13 heteroatoms. The van der Waals surface area contributed by atoms with Crippen molar-refractivity contribution >= 4 is 23.5 Å². The average molecular weight is 731 g/mol. The minimum absolute atomic E-state index is 0.00595. The number of aliphatic carboxylic acids is 1. The highest BCUT2D eigenvalue weighted by molar-refractivity contribution is 5.88. The van der Waals surface area contributed by atoms with Crippen LogP contribution >= 0.6 is 0 Å². The number of piperidine rings is 1. The summed E-state index contributed by atoms with van der Waals surface area (Å²) in [5.74, 6) is -2.86. The lowest BCUT2D eigenvalue weighted by Gasteiger charge is -2.37. The van der Waals surface area contributed by atoms with Gasteiger partial charge in [-0.1, -0.05) is 44.4 Å². The van der Waals surface area contributed by atoms with Crippen molar-refractivity contribution in [1.82, 2.24) is 14.7 Å². The van der Waals surface area contributed by atoms with E-state index in [0.717, 1.165) is 43.4 Å². The van der Waals surface area contributed by atoms with Crippen molar-refractivity contribution in [1.29, 1.82) is 0 Å². The molecule has 3 aliphatic heterocycles. The van der Waals surface area contributed by atoms with E-state index in [4.69, 9.17) is 9.84 Å². The van der Waals surface area contributed by atoms with Crippen LogP contribution in [-0.2, 0) is 20.6 Å². The van der Waals surface area contributed by atoms with Gasteiger partial charge < -0.3 is 24.5 Å². The van der Waals surface area contributed by atoms with E-state index in [1.807, 2.05) is 24.0 Å². The van der Waals surface area contributed by atoms with Crippen LogP contribution in [0.15, 0.2) is 42.5 Å². The number of carboxylic acid groups (broad SMARTS) is 1. The molecule has 4 aliphatic rings. The molecule has 0 bridgehead atoms. The fourth-order valence-corrected chi connectivity index (χ4v) is 9.15. The van der Waals surface area contributed by atoms with Crippen LogP contribution in [0.25, 0.3) is 0 Å². The molecule has 6 rings (SSSR count). The quantitative estimate of drug-likeness (QED) is 0.292. The highest BCUT2D eigenvalue weighted by Gasteiger charge is 2.57. The second-order valence-corrected chi connectivity index (χ2v) is 15.2. The zero-order valence-corrected chi connectivity index (χ0v) is 30.2. The van der Waals surface area contributed by atoms with E-state index in [1.165, 1.54) is 18.0 Å². The zero-order valence-electron chi connectivity index (χ0n) is 30.2. The Labute approximate surface area is 302 Å². The molecule has 52 heavy (non-hydrogen) atoms. The van der Waals surface area contributed by atoms with Crippen LogP contribution in [-0.4, -0.2) is 109 Å². The zero-order chi connectivity index (χ0) is 37.4. The largest absolute Gasteiger partial charge is 0.497 e. The second kappa shape index (κ2) is 15.2. The first-order chi connectivity index (χ1) is 24.7. The molecular weight excluding hydrogens is 680 g/mol. The number of halogens is 4. The molecule has 2 amide bonds. The third-order valence-corrected chi connectivity index (χ3v) is 12.1. The SMILES string of the molecule is CC[C@H]1CN(C(=O)[C@]2(F)CN(C3CCCC3)C[C@H]2c2ccc(OC)cc2)C[C@@H]1c1ccc(C(F)(F)F)cc1N1CCC(C(=O)N(C)CC(=O)O)CC1. The summed E-state index contributed by atoms with van der Waals surface area (Å²) in [7, 11) is 3.00. The van der Waals surface area contributed by atoms with E-state index < -0.39 is 47.7 Å². The number of carbonyl (C=O) groups is 3. The standard InChI is InChI=1S/C39H50F4N4O5/c1-4-25-20-46(37(51)38(40)24-47(29-7-5-6-8-29)22-33(38)26-9-12-30(52-3)13-10-26)21-32(25)31-14-11-28(39(41,42)43)19-34(31)45-17-15-27(16-18-45)36(50)44(2)23-35(48)49/h9-14,19,25,27,29,32-33H,4-8,15-18,20-24H2,1-3H3,(H,48,49)/t25-,32-,33-,38-/m0/s1. The number of ether oxygens (including phenoxy) is 1. The number of likely N-dealkylation sites (N-methyl/N-ethyl adjacent to an activating group) is 1. The number of anilines is 1. The van der Waals surface area contributed by atoms with Crippen molar-refractivity contribution in [3.05, 3.63) is 59.2 Å². The van der Waals surface area contributed by atoms with Gasteiger partial charge in [0, 0.05) is 75.8 Å². The molecule has 0 spiro atoms. The van der Waals surface area contributed by atoms with Gasteiger partial charge in [-0.3, -0.25) is 19.3 Å². The van der Waals surface area contributed by atoms with Gasteiger partial charge in [-0.15, -0.1) is 0 Å². The summed E-state index contributed by atoms with van der Waals surface area (Å²) >= 11 is 0. The fourth-order valence-electron chi connectivity index (χ4n) is 9.15. The van der Waals surface area contributed by atoms with Crippen molar-refractivity contribution in [2.24, 2.45) is 11.8 Å². The number of benzene rings is 2. The maximum absolute atomic E-state index is 17.7. The van der Waals surface area contributed by atoms with Gasteiger partial charge in [0.25, 0.3) is 5.91 Å². The van der Waals surface area contributed by atoms with E-state index in [0.29, 0.717) is 62.4 Å². The molecular formula is C39H50F4N4O5. The number of rotatable bonds is 10.